The minimum Gasteiger partial charge on any atom is -0.480 e. The highest BCUT2D eigenvalue weighted by Crippen LogP contribution is 2.16. The first-order valence-corrected chi connectivity index (χ1v) is 6.88. The molecule has 126 valence electrons. The summed E-state index contributed by atoms with van der Waals surface area (Å²) in [5.41, 5.74) is 11.0. The largest absolute Gasteiger partial charge is 0.480 e. The third-order valence-corrected chi connectivity index (χ3v) is 3.43. The van der Waals surface area contributed by atoms with E-state index in [0.29, 0.717) is 6.42 Å². The molecule has 0 aromatic carbocycles. The van der Waals surface area contributed by atoms with Crippen molar-refractivity contribution in [2.24, 2.45) is 16.5 Å². The van der Waals surface area contributed by atoms with E-state index < -0.39 is 42.8 Å². The van der Waals surface area contributed by atoms with Crippen molar-refractivity contribution in [3.05, 3.63) is 0 Å². The van der Waals surface area contributed by atoms with Crippen LogP contribution < -0.4 is 11.5 Å². The molecule has 22 heavy (non-hydrogen) atoms. The Morgan fingerprint density at radius 2 is 2.00 bits per heavy atom. The minimum absolute atomic E-state index is 0.0235. The Bertz CT molecular complexity index is 443. The predicted molar refractivity (Wildman–Crippen MR) is 75.7 cm³/mol. The van der Waals surface area contributed by atoms with Gasteiger partial charge in [0.25, 0.3) is 5.91 Å². The summed E-state index contributed by atoms with van der Waals surface area (Å²) in [6, 6.07) is -1.93. The van der Waals surface area contributed by atoms with Crippen LogP contribution in [0.1, 0.15) is 19.3 Å². The van der Waals surface area contributed by atoms with E-state index in [1.165, 1.54) is 4.90 Å². The highest BCUT2D eigenvalue weighted by molar-refractivity contribution is 6.04. The first-order chi connectivity index (χ1) is 10.3. The number of aliphatic hydroxyl groups excluding tert-OH is 3. The Hall–Kier alpha value is -1.75. The summed E-state index contributed by atoms with van der Waals surface area (Å²) in [7, 11) is 0. The molecule has 1 heterocycles. The van der Waals surface area contributed by atoms with Crippen molar-refractivity contribution in [2.75, 3.05) is 13.2 Å². The average Bonchev–Trinajstić information content (AvgIpc) is 2.73. The van der Waals surface area contributed by atoms with Gasteiger partial charge >= 0.3 is 5.97 Å². The number of rotatable bonds is 9. The summed E-state index contributed by atoms with van der Waals surface area (Å²) in [5, 5.41) is 36.3. The van der Waals surface area contributed by atoms with E-state index in [2.05, 4.69) is 4.99 Å². The molecule has 8 N–H and O–H groups in total. The number of aliphatic imine (C=N–C) groups is 1. The molecule has 3 unspecified atom stereocenters. The van der Waals surface area contributed by atoms with Crippen molar-refractivity contribution >= 4 is 17.8 Å². The van der Waals surface area contributed by atoms with Gasteiger partial charge in [0.1, 0.15) is 18.2 Å². The van der Waals surface area contributed by atoms with Gasteiger partial charge in [-0.2, -0.15) is 0 Å². The number of guanidine groups is 1. The Kier molecular flexibility index (Phi) is 6.68. The van der Waals surface area contributed by atoms with E-state index in [1.54, 1.807) is 0 Å². The van der Waals surface area contributed by atoms with Gasteiger partial charge in [0.15, 0.2) is 5.96 Å². The van der Waals surface area contributed by atoms with E-state index in [4.69, 9.17) is 21.7 Å². The molecule has 0 bridgehead atoms. The van der Waals surface area contributed by atoms with Crippen molar-refractivity contribution < 1.29 is 30.0 Å². The maximum atomic E-state index is 12.1. The molecule has 1 amide bonds. The lowest BCUT2D eigenvalue weighted by Gasteiger charge is -2.19. The van der Waals surface area contributed by atoms with E-state index in [0.717, 1.165) is 0 Å². The van der Waals surface area contributed by atoms with E-state index in [-0.39, 0.29) is 25.3 Å². The Labute approximate surface area is 127 Å². The molecule has 0 saturated heterocycles. The number of nitrogens with two attached hydrogens (primary N) is 2. The van der Waals surface area contributed by atoms with Crippen LogP contribution in [0.5, 0.6) is 0 Å². The molecule has 0 aromatic heterocycles. The molecule has 1 aliphatic rings. The number of carbonyl (C=O) groups excluding carboxylic acids is 1. The Balaban J connectivity index is 2.50. The van der Waals surface area contributed by atoms with E-state index >= 15 is 0 Å². The van der Waals surface area contributed by atoms with E-state index in [1.807, 2.05) is 0 Å². The summed E-state index contributed by atoms with van der Waals surface area (Å²) >= 11 is 0. The third-order valence-electron chi connectivity index (χ3n) is 3.43. The van der Waals surface area contributed by atoms with Gasteiger partial charge in [-0.05, 0) is 12.8 Å². The molecule has 10 nitrogen and oxygen atoms in total. The molecule has 4 atom stereocenters. The topological polar surface area (TPSA) is 183 Å². The van der Waals surface area contributed by atoms with Gasteiger partial charge < -0.3 is 31.9 Å². The predicted octanol–water partition coefficient (Wildman–Crippen LogP) is -3.19. The first-order valence-electron chi connectivity index (χ1n) is 6.88. The molecule has 0 spiro atoms. The van der Waals surface area contributed by atoms with Gasteiger partial charge in [-0.1, -0.05) is 0 Å². The molecule has 0 fully saturated rings. The van der Waals surface area contributed by atoms with Crippen LogP contribution in [-0.4, -0.2) is 80.6 Å². The lowest BCUT2D eigenvalue weighted by atomic mass is 10.1. The zero-order valence-electron chi connectivity index (χ0n) is 12.0. The summed E-state index contributed by atoms with van der Waals surface area (Å²) in [5.74, 6) is -1.58. The maximum Gasteiger partial charge on any atom is 0.320 e. The minimum atomic E-state index is -1.35. The standard InChI is InChI=1S/C12H22N4O6/c13-6(11(21)22)2-1-3-16-10(20)7(15-12(16)14)4-8(18)9(19)5-17/h6-9,17-19H,1-5,13H2,(H2,14,15)(H,21,22)/t6-,7?,8?,9?/m1/s1. The van der Waals surface area contributed by atoms with Crippen LogP contribution in [0.25, 0.3) is 0 Å². The van der Waals surface area contributed by atoms with Crippen molar-refractivity contribution in [3.63, 3.8) is 0 Å². The molecule has 10 heteroatoms. The molecule has 0 radical (unpaired) electrons. The number of hydrogen-bond acceptors (Lipinski definition) is 8. The van der Waals surface area contributed by atoms with Crippen LogP contribution in [-0.2, 0) is 9.59 Å². The van der Waals surface area contributed by atoms with Crippen LogP contribution in [0.3, 0.4) is 0 Å². The normalized spacial score (nSPS) is 22.4. The first kappa shape index (κ1) is 18.3. The number of carbonyl (C=O) groups is 2. The van der Waals surface area contributed by atoms with Crippen molar-refractivity contribution in [2.45, 2.75) is 43.6 Å². The fourth-order valence-corrected chi connectivity index (χ4v) is 2.06. The maximum absolute atomic E-state index is 12.1. The van der Waals surface area contributed by atoms with Crippen LogP contribution in [0.2, 0.25) is 0 Å². The number of aliphatic carboxylic acids is 1. The number of hydrogen-bond donors (Lipinski definition) is 6. The summed E-state index contributed by atoms with van der Waals surface area (Å²) in [6.07, 6.45) is -2.29. The zero-order chi connectivity index (χ0) is 16.9. The molecule has 1 rings (SSSR count). The highest BCUT2D eigenvalue weighted by atomic mass is 16.4. The second kappa shape index (κ2) is 8.03. The van der Waals surface area contributed by atoms with E-state index in [9.17, 15) is 19.8 Å². The molecule has 0 aromatic rings. The molecule has 0 aliphatic carbocycles. The number of carboxylic acid groups (broad SMARTS) is 1. The van der Waals surface area contributed by atoms with Crippen molar-refractivity contribution in [3.8, 4) is 0 Å². The van der Waals surface area contributed by atoms with Gasteiger partial charge in [0.05, 0.1) is 12.7 Å². The SMILES string of the molecule is NC1=NC(CC(O)C(O)CO)C(=O)N1CCC[C@@H](N)C(=O)O. The lowest BCUT2D eigenvalue weighted by Crippen LogP contribution is -2.42. The zero-order valence-corrected chi connectivity index (χ0v) is 12.0. The quantitative estimate of drug-likeness (QED) is 0.257. The average molecular weight is 318 g/mol. The fourth-order valence-electron chi connectivity index (χ4n) is 2.06. The highest BCUT2D eigenvalue weighted by Gasteiger charge is 2.35. The molecular formula is C12H22N4O6. The molecule has 0 saturated carbocycles. The third kappa shape index (κ3) is 4.63. The molecular weight excluding hydrogens is 296 g/mol. The van der Waals surface area contributed by atoms with Gasteiger partial charge in [-0.3, -0.25) is 14.5 Å². The molecule has 1 aliphatic heterocycles. The Morgan fingerprint density at radius 1 is 1.36 bits per heavy atom. The second-order valence-electron chi connectivity index (χ2n) is 5.13. The van der Waals surface area contributed by atoms with Crippen molar-refractivity contribution in [1.29, 1.82) is 0 Å². The van der Waals surface area contributed by atoms with Gasteiger partial charge in [0.2, 0.25) is 0 Å². The van der Waals surface area contributed by atoms with Crippen LogP contribution in [0.15, 0.2) is 4.99 Å². The van der Waals surface area contributed by atoms with Crippen LogP contribution in [0.4, 0.5) is 0 Å². The number of nitrogens with zero attached hydrogens (tertiary/aromatic N) is 2. The summed E-state index contributed by atoms with van der Waals surface area (Å²) in [6.45, 7) is -0.456. The van der Waals surface area contributed by atoms with Crippen molar-refractivity contribution in [1.82, 2.24) is 4.90 Å². The van der Waals surface area contributed by atoms with Gasteiger partial charge in [-0.15, -0.1) is 0 Å². The summed E-state index contributed by atoms with van der Waals surface area (Å²) in [4.78, 5) is 27.8. The van der Waals surface area contributed by atoms with Gasteiger partial charge in [-0.25, -0.2) is 4.99 Å². The summed E-state index contributed by atoms with van der Waals surface area (Å²) < 4.78 is 0. The fraction of sp³-hybridized carbons (Fsp3) is 0.750. The Morgan fingerprint density at radius 3 is 2.55 bits per heavy atom. The second-order valence-corrected chi connectivity index (χ2v) is 5.13. The number of aliphatic hydroxyl groups is 3. The van der Waals surface area contributed by atoms with Gasteiger partial charge in [0, 0.05) is 13.0 Å². The van der Waals surface area contributed by atoms with Crippen LogP contribution in [0, 0.1) is 0 Å². The monoisotopic (exact) mass is 318 g/mol. The number of amides is 1. The number of carboxylic acids is 1. The van der Waals surface area contributed by atoms with Crippen LogP contribution >= 0.6 is 0 Å². The smallest absolute Gasteiger partial charge is 0.320 e. The lowest BCUT2D eigenvalue weighted by molar-refractivity contribution is -0.138.